The molecular formula is C18H17ClN2O3S. The van der Waals surface area contributed by atoms with E-state index in [0.29, 0.717) is 22.6 Å². The number of halogens is 1. The van der Waals surface area contributed by atoms with Gasteiger partial charge in [0, 0.05) is 21.9 Å². The van der Waals surface area contributed by atoms with E-state index in [1.165, 1.54) is 11.8 Å². The summed E-state index contributed by atoms with van der Waals surface area (Å²) < 4.78 is 16.3. The van der Waals surface area contributed by atoms with E-state index in [4.69, 9.17) is 25.5 Å². The van der Waals surface area contributed by atoms with E-state index in [1.807, 2.05) is 43.3 Å². The van der Waals surface area contributed by atoms with Crippen LogP contribution in [0.5, 0.6) is 11.5 Å². The van der Waals surface area contributed by atoms with Gasteiger partial charge in [-0.25, -0.2) is 0 Å². The molecule has 0 radical (unpaired) electrons. The van der Waals surface area contributed by atoms with Crippen LogP contribution in [0.25, 0.3) is 11.5 Å². The van der Waals surface area contributed by atoms with Crippen molar-refractivity contribution in [2.24, 2.45) is 0 Å². The first-order valence-electron chi connectivity index (χ1n) is 7.58. The van der Waals surface area contributed by atoms with Crippen LogP contribution in [0.3, 0.4) is 0 Å². The summed E-state index contributed by atoms with van der Waals surface area (Å²) in [6.07, 6.45) is 0. The van der Waals surface area contributed by atoms with Crippen LogP contribution in [0.15, 0.2) is 52.1 Å². The molecule has 25 heavy (non-hydrogen) atoms. The lowest BCUT2D eigenvalue weighted by molar-refractivity contribution is 0.394. The summed E-state index contributed by atoms with van der Waals surface area (Å²) >= 11 is 7.70. The second kappa shape index (κ2) is 7.80. The Balaban J connectivity index is 1.82. The van der Waals surface area contributed by atoms with E-state index in [9.17, 15) is 0 Å². The number of nitrogens with zero attached hydrogens (tertiary/aromatic N) is 2. The highest BCUT2D eigenvalue weighted by molar-refractivity contribution is 7.99. The monoisotopic (exact) mass is 376 g/mol. The molecule has 1 aromatic heterocycles. The molecule has 0 aliphatic heterocycles. The Morgan fingerprint density at radius 3 is 2.36 bits per heavy atom. The molecule has 0 fully saturated rings. The molecule has 0 aliphatic rings. The summed E-state index contributed by atoms with van der Waals surface area (Å²) in [7, 11) is 3.19. The molecule has 130 valence electrons. The number of hydrogen-bond donors (Lipinski definition) is 0. The topological polar surface area (TPSA) is 57.4 Å². The Labute approximate surface area is 155 Å². The van der Waals surface area contributed by atoms with Gasteiger partial charge < -0.3 is 13.9 Å². The average Bonchev–Trinajstić information content (AvgIpc) is 3.10. The van der Waals surface area contributed by atoms with Crippen LogP contribution in [-0.2, 0) is 0 Å². The molecule has 7 heteroatoms. The van der Waals surface area contributed by atoms with E-state index in [1.54, 1.807) is 20.3 Å². The standard InChI is InChI=1S/C18H17ClN2O3S/c1-11(15-6-4-5-7-16(15)19)25-18-21-20-17(24-18)12-8-13(22-2)10-14(9-12)23-3/h4-11H,1-3H3/t11-/m0/s1. The summed E-state index contributed by atoms with van der Waals surface area (Å²) in [4.78, 5) is 0. The molecule has 1 atom stereocenters. The average molecular weight is 377 g/mol. The first-order valence-corrected chi connectivity index (χ1v) is 8.84. The molecule has 0 unspecified atom stereocenters. The maximum atomic E-state index is 6.25. The number of rotatable bonds is 6. The van der Waals surface area contributed by atoms with Crippen molar-refractivity contribution in [3.8, 4) is 23.0 Å². The molecule has 3 aromatic rings. The van der Waals surface area contributed by atoms with E-state index in [0.717, 1.165) is 16.1 Å². The van der Waals surface area contributed by atoms with E-state index >= 15 is 0 Å². The molecule has 1 heterocycles. The van der Waals surface area contributed by atoms with Crippen molar-refractivity contribution < 1.29 is 13.9 Å². The number of thioether (sulfide) groups is 1. The van der Waals surface area contributed by atoms with Gasteiger partial charge in [-0.3, -0.25) is 0 Å². The highest BCUT2D eigenvalue weighted by Crippen LogP contribution is 2.38. The van der Waals surface area contributed by atoms with Crippen LogP contribution in [0.4, 0.5) is 0 Å². The number of ether oxygens (including phenoxy) is 2. The Morgan fingerprint density at radius 2 is 1.72 bits per heavy atom. The molecule has 0 aliphatic carbocycles. The van der Waals surface area contributed by atoms with Gasteiger partial charge in [-0.2, -0.15) is 0 Å². The largest absolute Gasteiger partial charge is 0.497 e. The predicted octanol–water partition coefficient (Wildman–Crippen LogP) is 5.26. The van der Waals surface area contributed by atoms with Gasteiger partial charge in [0.25, 0.3) is 5.22 Å². The van der Waals surface area contributed by atoms with Crippen molar-refractivity contribution in [3.05, 3.63) is 53.1 Å². The highest BCUT2D eigenvalue weighted by Gasteiger charge is 2.17. The van der Waals surface area contributed by atoms with Crippen molar-refractivity contribution in [2.75, 3.05) is 14.2 Å². The summed E-state index contributed by atoms with van der Waals surface area (Å²) in [6.45, 7) is 2.05. The molecule has 0 spiro atoms. The lowest BCUT2D eigenvalue weighted by Gasteiger charge is -2.10. The first-order chi connectivity index (χ1) is 12.1. The third-order valence-corrected chi connectivity index (χ3v) is 4.94. The van der Waals surface area contributed by atoms with Gasteiger partial charge in [0.05, 0.1) is 14.2 Å². The lowest BCUT2D eigenvalue weighted by atomic mass is 10.2. The summed E-state index contributed by atoms with van der Waals surface area (Å²) in [6, 6.07) is 13.2. The number of aromatic nitrogens is 2. The van der Waals surface area contributed by atoms with Gasteiger partial charge in [0.15, 0.2) is 0 Å². The van der Waals surface area contributed by atoms with Crippen LogP contribution in [0.1, 0.15) is 17.7 Å². The Bertz CT molecular complexity index is 847. The second-order valence-electron chi connectivity index (χ2n) is 5.26. The molecule has 0 saturated heterocycles. The Morgan fingerprint density at radius 1 is 1.04 bits per heavy atom. The normalized spacial score (nSPS) is 12.0. The SMILES string of the molecule is COc1cc(OC)cc(-c2nnc(S[C@@H](C)c3ccccc3Cl)o2)c1. The van der Waals surface area contributed by atoms with Crippen LogP contribution in [-0.4, -0.2) is 24.4 Å². The number of methoxy groups -OCH3 is 2. The highest BCUT2D eigenvalue weighted by atomic mass is 35.5. The fourth-order valence-electron chi connectivity index (χ4n) is 2.32. The van der Waals surface area contributed by atoms with Crippen molar-refractivity contribution in [2.45, 2.75) is 17.4 Å². The van der Waals surface area contributed by atoms with Crippen molar-refractivity contribution >= 4 is 23.4 Å². The third-order valence-electron chi connectivity index (χ3n) is 3.63. The quantitative estimate of drug-likeness (QED) is 0.547. The third kappa shape index (κ3) is 4.08. The summed E-state index contributed by atoms with van der Waals surface area (Å²) in [5, 5.41) is 9.53. The second-order valence-corrected chi connectivity index (χ2v) is 6.96. The maximum absolute atomic E-state index is 6.25. The van der Waals surface area contributed by atoms with Gasteiger partial charge in [0.1, 0.15) is 11.5 Å². The first kappa shape index (κ1) is 17.6. The predicted molar refractivity (Wildman–Crippen MR) is 98.6 cm³/mol. The summed E-state index contributed by atoms with van der Waals surface area (Å²) in [5.74, 6) is 1.73. The van der Waals surface area contributed by atoms with Gasteiger partial charge in [-0.15, -0.1) is 10.2 Å². The van der Waals surface area contributed by atoms with Gasteiger partial charge in [-0.05, 0) is 30.7 Å². The molecule has 0 bridgehead atoms. The minimum Gasteiger partial charge on any atom is -0.497 e. The molecule has 0 saturated carbocycles. The molecule has 3 rings (SSSR count). The zero-order valence-electron chi connectivity index (χ0n) is 14.0. The zero-order valence-corrected chi connectivity index (χ0v) is 15.6. The van der Waals surface area contributed by atoms with Crippen molar-refractivity contribution in [3.63, 3.8) is 0 Å². The maximum Gasteiger partial charge on any atom is 0.277 e. The van der Waals surface area contributed by atoms with Crippen LogP contribution >= 0.6 is 23.4 Å². The lowest BCUT2D eigenvalue weighted by Crippen LogP contribution is -1.89. The van der Waals surface area contributed by atoms with Gasteiger partial charge in [-0.1, -0.05) is 41.6 Å². The molecule has 0 amide bonds. The zero-order chi connectivity index (χ0) is 17.8. The fourth-order valence-corrected chi connectivity index (χ4v) is 3.54. The number of benzene rings is 2. The smallest absolute Gasteiger partial charge is 0.277 e. The number of hydrogen-bond acceptors (Lipinski definition) is 6. The van der Waals surface area contributed by atoms with Crippen molar-refractivity contribution in [1.29, 1.82) is 0 Å². The minimum absolute atomic E-state index is 0.0850. The molecular weight excluding hydrogens is 360 g/mol. The van der Waals surface area contributed by atoms with E-state index < -0.39 is 0 Å². The summed E-state index contributed by atoms with van der Waals surface area (Å²) in [5.41, 5.74) is 1.76. The molecule has 5 nitrogen and oxygen atoms in total. The van der Waals surface area contributed by atoms with E-state index in [-0.39, 0.29) is 5.25 Å². The Hall–Kier alpha value is -2.18. The van der Waals surface area contributed by atoms with Crippen LogP contribution < -0.4 is 9.47 Å². The fraction of sp³-hybridized carbons (Fsp3) is 0.222. The van der Waals surface area contributed by atoms with Crippen LogP contribution in [0, 0.1) is 0 Å². The molecule has 0 N–H and O–H groups in total. The van der Waals surface area contributed by atoms with Gasteiger partial charge in [0.2, 0.25) is 5.89 Å². The molecule has 2 aromatic carbocycles. The minimum atomic E-state index is 0.0850. The van der Waals surface area contributed by atoms with E-state index in [2.05, 4.69) is 10.2 Å². The van der Waals surface area contributed by atoms with Gasteiger partial charge >= 0.3 is 0 Å². The van der Waals surface area contributed by atoms with Crippen molar-refractivity contribution in [1.82, 2.24) is 10.2 Å². The van der Waals surface area contributed by atoms with Crippen LogP contribution in [0.2, 0.25) is 5.02 Å². The Kier molecular flexibility index (Phi) is 5.50.